The van der Waals surface area contributed by atoms with Crippen molar-refractivity contribution in [3.63, 3.8) is 0 Å². The fraction of sp³-hybridized carbons (Fsp3) is 0.300. The van der Waals surface area contributed by atoms with Gasteiger partial charge in [0, 0.05) is 6.04 Å². The van der Waals surface area contributed by atoms with E-state index in [-0.39, 0.29) is 11.6 Å². The summed E-state index contributed by atoms with van der Waals surface area (Å²) in [4.78, 5) is 23.2. The molecular weight excluding hydrogens is 404 g/mol. The molecule has 0 bridgehead atoms. The van der Waals surface area contributed by atoms with Crippen molar-refractivity contribution in [1.82, 2.24) is 5.32 Å². The highest BCUT2D eigenvalue weighted by atomic mass is 32.2. The van der Waals surface area contributed by atoms with Crippen molar-refractivity contribution in [2.24, 2.45) is 0 Å². The lowest BCUT2D eigenvalue weighted by Crippen LogP contribution is -2.36. The van der Waals surface area contributed by atoms with Gasteiger partial charge in [0.15, 0.2) is 6.61 Å². The molecule has 0 saturated heterocycles. The quantitative estimate of drug-likeness (QED) is 0.624. The van der Waals surface area contributed by atoms with E-state index in [2.05, 4.69) is 5.32 Å². The molecule has 0 saturated carbocycles. The van der Waals surface area contributed by atoms with Crippen LogP contribution in [-0.4, -0.2) is 38.7 Å². The fourth-order valence-corrected chi connectivity index (χ4v) is 3.24. The first-order chi connectivity index (χ1) is 13.7. The number of benzene rings is 2. The maximum atomic E-state index is 12.5. The van der Waals surface area contributed by atoms with Gasteiger partial charge in [0.25, 0.3) is 5.91 Å². The van der Waals surface area contributed by atoms with Gasteiger partial charge in [-0.2, -0.15) is 8.78 Å². The van der Waals surface area contributed by atoms with Crippen molar-refractivity contribution >= 4 is 21.7 Å². The van der Waals surface area contributed by atoms with Crippen LogP contribution in [0.1, 0.15) is 29.3 Å². The first-order valence-corrected chi connectivity index (χ1v) is 10.4. The number of hydrogen-bond acceptors (Lipinski definition) is 5. The SMILES string of the molecule is C[C@@H](CCc1ccccc1)NC(=O)COC(=O)c1ccc(S(=O)(=O)C(F)F)cc1. The van der Waals surface area contributed by atoms with Gasteiger partial charge in [0.1, 0.15) is 0 Å². The Morgan fingerprint density at radius 2 is 1.66 bits per heavy atom. The predicted molar refractivity (Wildman–Crippen MR) is 102 cm³/mol. The van der Waals surface area contributed by atoms with Crippen LogP contribution >= 0.6 is 0 Å². The van der Waals surface area contributed by atoms with Crippen LogP contribution in [0.5, 0.6) is 0 Å². The number of amides is 1. The number of ether oxygens (including phenoxy) is 1. The highest BCUT2D eigenvalue weighted by Gasteiger charge is 2.26. The molecule has 29 heavy (non-hydrogen) atoms. The maximum absolute atomic E-state index is 12.5. The number of alkyl halides is 2. The molecule has 0 radical (unpaired) electrons. The van der Waals surface area contributed by atoms with Gasteiger partial charge in [0.05, 0.1) is 10.5 Å². The summed E-state index contributed by atoms with van der Waals surface area (Å²) < 4.78 is 52.6. The van der Waals surface area contributed by atoms with Crippen LogP contribution in [0.15, 0.2) is 59.5 Å². The van der Waals surface area contributed by atoms with Gasteiger partial charge in [0.2, 0.25) is 9.84 Å². The standard InChI is InChI=1S/C20H21F2NO5S/c1-14(7-8-15-5-3-2-4-6-15)23-18(24)13-28-19(25)16-9-11-17(12-10-16)29(26,27)20(21)22/h2-6,9-12,14,20H,7-8,13H2,1H3,(H,23,24)/t14-/m0/s1. The number of sulfone groups is 1. The molecule has 0 unspecified atom stereocenters. The monoisotopic (exact) mass is 425 g/mol. The summed E-state index contributed by atoms with van der Waals surface area (Å²) in [6.07, 6.45) is 1.50. The summed E-state index contributed by atoms with van der Waals surface area (Å²) in [5.41, 5.74) is 1.10. The second-order valence-electron chi connectivity index (χ2n) is 6.40. The summed E-state index contributed by atoms with van der Waals surface area (Å²) in [5.74, 6) is -4.89. The van der Waals surface area contributed by atoms with Crippen molar-refractivity contribution in [1.29, 1.82) is 0 Å². The summed E-state index contributed by atoms with van der Waals surface area (Å²) in [6, 6.07) is 13.6. The number of rotatable bonds is 9. The molecule has 0 aliphatic carbocycles. The van der Waals surface area contributed by atoms with Crippen molar-refractivity contribution in [3.05, 3.63) is 65.7 Å². The molecule has 0 fully saturated rings. The summed E-state index contributed by atoms with van der Waals surface area (Å²) in [5, 5.41) is 2.72. The first-order valence-electron chi connectivity index (χ1n) is 8.82. The lowest BCUT2D eigenvalue weighted by Gasteiger charge is -2.14. The minimum Gasteiger partial charge on any atom is -0.452 e. The maximum Gasteiger partial charge on any atom is 0.341 e. The number of esters is 1. The summed E-state index contributed by atoms with van der Waals surface area (Å²) in [6.45, 7) is 1.33. The molecule has 156 valence electrons. The Hall–Kier alpha value is -2.81. The highest BCUT2D eigenvalue weighted by Crippen LogP contribution is 2.18. The van der Waals surface area contributed by atoms with E-state index in [1.807, 2.05) is 37.3 Å². The van der Waals surface area contributed by atoms with Crippen LogP contribution in [0.3, 0.4) is 0 Å². The lowest BCUT2D eigenvalue weighted by molar-refractivity contribution is -0.124. The van der Waals surface area contributed by atoms with Crippen LogP contribution in [0, 0.1) is 0 Å². The highest BCUT2D eigenvalue weighted by molar-refractivity contribution is 7.91. The Balaban J connectivity index is 1.80. The molecule has 1 amide bonds. The Morgan fingerprint density at radius 3 is 2.24 bits per heavy atom. The van der Waals surface area contributed by atoms with Crippen LogP contribution in [0.2, 0.25) is 0 Å². The number of carbonyl (C=O) groups is 2. The van der Waals surface area contributed by atoms with Crippen LogP contribution in [0.4, 0.5) is 8.78 Å². The zero-order valence-electron chi connectivity index (χ0n) is 15.7. The van der Waals surface area contributed by atoms with Crippen molar-refractivity contribution < 1.29 is 31.5 Å². The third-order valence-electron chi connectivity index (χ3n) is 4.10. The molecule has 0 spiro atoms. The Morgan fingerprint density at radius 1 is 1.03 bits per heavy atom. The minimum absolute atomic E-state index is 0.0526. The number of hydrogen-bond donors (Lipinski definition) is 1. The van der Waals surface area contributed by atoms with Gasteiger partial charge in [-0.05, 0) is 49.6 Å². The first kappa shape index (κ1) is 22.5. The summed E-state index contributed by atoms with van der Waals surface area (Å²) in [7, 11) is -4.73. The van der Waals surface area contributed by atoms with E-state index in [1.165, 1.54) is 0 Å². The topological polar surface area (TPSA) is 89.5 Å². The van der Waals surface area contributed by atoms with Crippen LogP contribution < -0.4 is 5.32 Å². The molecule has 9 heteroatoms. The number of carbonyl (C=O) groups excluding carboxylic acids is 2. The minimum atomic E-state index is -4.73. The van der Waals surface area contributed by atoms with Gasteiger partial charge in [-0.1, -0.05) is 30.3 Å². The van der Waals surface area contributed by atoms with Gasteiger partial charge in [-0.3, -0.25) is 4.79 Å². The smallest absolute Gasteiger partial charge is 0.341 e. The third kappa shape index (κ3) is 6.63. The van der Waals surface area contributed by atoms with E-state index in [4.69, 9.17) is 4.74 Å². The van der Waals surface area contributed by atoms with Gasteiger partial charge < -0.3 is 10.1 Å². The average molecular weight is 425 g/mol. The molecule has 0 aliphatic rings. The molecule has 6 nitrogen and oxygen atoms in total. The molecule has 1 atom stereocenters. The normalized spacial score (nSPS) is 12.4. The predicted octanol–water partition coefficient (Wildman–Crippen LogP) is 2.98. The van der Waals surface area contributed by atoms with E-state index in [0.717, 1.165) is 36.2 Å². The Labute approximate surface area is 167 Å². The summed E-state index contributed by atoms with van der Waals surface area (Å²) >= 11 is 0. The fourth-order valence-electron chi connectivity index (χ4n) is 2.51. The number of aryl methyl sites for hydroxylation is 1. The molecule has 2 rings (SSSR count). The molecule has 2 aromatic carbocycles. The van der Waals surface area contributed by atoms with Gasteiger partial charge in [-0.25, -0.2) is 13.2 Å². The average Bonchev–Trinajstić information content (AvgIpc) is 2.71. The Kier molecular flexibility index (Phi) is 7.83. The molecule has 0 aliphatic heterocycles. The zero-order valence-corrected chi connectivity index (χ0v) is 16.5. The molecular formula is C20H21F2NO5S. The molecule has 0 aromatic heterocycles. The van der Waals surface area contributed by atoms with Gasteiger partial charge in [-0.15, -0.1) is 0 Å². The van der Waals surface area contributed by atoms with Crippen molar-refractivity contribution in [2.75, 3.05) is 6.61 Å². The largest absolute Gasteiger partial charge is 0.452 e. The van der Waals surface area contributed by atoms with E-state index >= 15 is 0 Å². The van der Waals surface area contributed by atoms with Gasteiger partial charge >= 0.3 is 11.7 Å². The Bertz CT molecular complexity index is 931. The van der Waals surface area contributed by atoms with E-state index < -0.39 is 39.0 Å². The van der Waals surface area contributed by atoms with Crippen molar-refractivity contribution in [2.45, 2.75) is 36.5 Å². The second kappa shape index (κ2) is 10.1. The van der Waals surface area contributed by atoms with E-state index in [9.17, 15) is 26.8 Å². The lowest BCUT2D eigenvalue weighted by atomic mass is 10.1. The molecule has 1 N–H and O–H groups in total. The second-order valence-corrected chi connectivity index (χ2v) is 8.32. The van der Waals surface area contributed by atoms with Crippen LogP contribution in [-0.2, 0) is 25.8 Å². The third-order valence-corrected chi connectivity index (χ3v) is 5.50. The van der Waals surface area contributed by atoms with E-state index in [1.54, 1.807) is 0 Å². The molecule has 0 heterocycles. The number of nitrogens with one attached hydrogen (secondary N) is 1. The molecule has 2 aromatic rings. The van der Waals surface area contributed by atoms with E-state index in [0.29, 0.717) is 6.42 Å². The van der Waals surface area contributed by atoms with Crippen LogP contribution in [0.25, 0.3) is 0 Å². The zero-order chi connectivity index (χ0) is 21.4. The number of halogens is 2. The van der Waals surface area contributed by atoms with Crippen molar-refractivity contribution in [3.8, 4) is 0 Å².